The average Bonchev–Trinajstić information content (AvgIpc) is 2.98. The smallest absolute Gasteiger partial charge is 0.407 e. The van der Waals surface area contributed by atoms with Crippen molar-refractivity contribution in [2.45, 2.75) is 64.5 Å². The first kappa shape index (κ1) is 17.8. The number of carbonyl (C=O) groups excluding carboxylic acids is 1. The van der Waals surface area contributed by atoms with E-state index in [4.69, 9.17) is 4.74 Å². The molecule has 0 saturated heterocycles. The topological polar surface area (TPSA) is 79.0 Å². The molecule has 1 aromatic heterocycles. The number of alkyl carbamates (subject to hydrolysis) is 1. The number of amides is 1. The number of imidazole rings is 1. The lowest BCUT2D eigenvalue weighted by molar-refractivity contribution is 0.0511. The van der Waals surface area contributed by atoms with E-state index in [1.54, 1.807) is 6.20 Å². The summed E-state index contributed by atoms with van der Waals surface area (Å²) in [5.41, 5.74) is -0.447. The summed E-state index contributed by atoms with van der Waals surface area (Å²) in [5, 5.41) is 6.55. The molecule has 23 heavy (non-hydrogen) atoms. The number of ether oxygens (including phenoxy) is 1. The van der Waals surface area contributed by atoms with Gasteiger partial charge < -0.3 is 20.4 Å². The van der Waals surface area contributed by atoms with Gasteiger partial charge in [-0.1, -0.05) is 12.8 Å². The fourth-order valence-electron chi connectivity index (χ4n) is 3.06. The second-order valence-electron chi connectivity index (χ2n) is 7.27. The quantitative estimate of drug-likeness (QED) is 0.752. The number of aromatic amines is 1. The van der Waals surface area contributed by atoms with Gasteiger partial charge in [0.25, 0.3) is 0 Å². The van der Waals surface area contributed by atoms with Crippen molar-refractivity contribution < 1.29 is 9.53 Å². The van der Waals surface area contributed by atoms with Gasteiger partial charge >= 0.3 is 6.09 Å². The van der Waals surface area contributed by atoms with Crippen molar-refractivity contribution in [1.82, 2.24) is 20.6 Å². The maximum absolute atomic E-state index is 11.8. The standard InChI is InChI=1S/C17H30N4O2/c1-17(2,3)23-16(22)21-12-13-6-4-5-7-14(13)18-9-8-15-19-10-11-20-15/h10-11,13-14,18H,4-9,12H2,1-3H3,(H,19,20)(H,21,22). The Morgan fingerprint density at radius 1 is 1.39 bits per heavy atom. The minimum Gasteiger partial charge on any atom is -0.444 e. The summed E-state index contributed by atoms with van der Waals surface area (Å²) in [5.74, 6) is 1.48. The van der Waals surface area contributed by atoms with Gasteiger partial charge in [0.05, 0.1) is 0 Å². The van der Waals surface area contributed by atoms with E-state index >= 15 is 0 Å². The molecule has 6 nitrogen and oxygen atoms in total. The highest BCUT2D eigenvalue weighted by Gasteiger charge is 2.26. The van der Waals surface area contributed by atoms with E-state index in [0.29, 0.717) is 18.5 Å². The Morgan fingerprint density at radius 2 is 2.17 bits per heavy atom. The SMILES string of the molecule is CC(C)(C)OC(=O)NCC1CCCCC1NCCc1ncc[nH]1. The molecule has 0 aromatic carbocycles. The molecule has 130 valence electrons. The van der Waals surface area contributed by atoms with Gasteiger partial charge in [0, 0.05) is 37.9 Å². The molecule has 3 N–H and O–H groups in total. The van der Waals surface area contributed by atoms with Crippen molar-refractivity contribution in [2.24, 2.45) is 5.92 Å². The molecule has 2 unspecified atom stereocenters. The lowest BCUT2D eigenvalue weighted by Crippen LogP contribution is -2.45. The normalized spacial score (nSPS) is 21.9. The summed E-state index contributed by atoms with van der Waals surface area (Å²) in [4.78, 5) is 19.2. The fourth-order valence-corrected chi connectivity index (χ4v) is 3.06. The minimum atomic E-state index is -0.447. The Balaban J connectivity index is 1.73. The summed E-state index contributed by atoms with van der Waals surface area (Å²) in [6.07, 6.45) is 9.01. The van der Waals surface area contributed by atoms with Crippen LogP contribution >= 0.6 is 0 Å². The van der Waals surface area contributed by atoms with E-state index in [1.807, 2.05) is 27.0 Å². The van der Waals surface area contributed by atoms with E-state index < -0.39 is 5.60 Å². The van der Waals surface area contributed by atoms with Crippen LogP contribution in [-0.4, -0.2) is 40.8 Å². The maximum Gasteiger partial charge on any atom is 0.407 e. The molecule has 1 amide bonds. The molecule has 1 aliphatic carbocycles. The third-order valence-corrected chi connectivity index (χ3v) is 4.14. The van der Waals surface area contributed by atoms with E-state index in [2.05, 4.69) is 20.6 Å². The van der Waals surface area contributed by atoms with Crippen LogP contribution in [0.4, 0.5) is 4.79 Å². The van der Waals surface area contributed by atoms with E-state index in [-0.39, 0.29) is 6.09 Å². The molecule has 0 aliphatic heterocycles. The average molecular weight is 322 g/mol. The largest absolute Gasteiger partial charge is 0.444 e. The predicted molar refractivity (Wildman–Crippen MR) is 90.3 cm³/mol. The minimum absolute atomic E-state index is 0.322. The van der Waals surface area contributed by atoms with Gasteiger partial charge in [0.2, 0.25) is 0 Å². The maximum atomic E-state index is 11.8. The van der Waals surface area contributed by atoms with Crippen LogP contribution in [0.15, 0.2) is 12.4 Å². The number of nitrogens with one attached hydrogen (secondary N) is 3. The molecule has 0 spiro atoms. The third kappa shape index (κ3) is 6.60. The van der Waals surface area contributed by atoms with Crippen LogP contribution in [0.1, 0.15) is 52.3 Å². The molecular weight excluding hydrogens is 292 g/mol. The van der Waals surface area contributed by atoms with Crippen molar-refractivity contribution >= 4 is 6.09 Å². The second-order valence-corrected chi connectivity index (χ2v) is 7.27. The van der Waals surface area contributed by atoms with Gasteiger partial charge in [-0.25, -0.2) is 9.78 Å². The van der Waals surface area contributed by atoms with Gasteiger partial charge in [-0.15, -0.1) is 0 Å². The first-order valence-corrected chi connectivity index (χ1v) is 8.62. The molecule has 1 heterocycles. The van der Waals surface area contributed by atoms with Crippen LogP contribution in [-0.2, 0) is 11.2 Å². The zero-order valence-corrected chi connectivity index (χ0v) is 14.5. The van der Waals surface area contributed by atoms with E-state index in [0.717, 1.165) is 25.2 Å². The molecule has 2 atom stereocenters. The molecule has 6 heteroatoms. The van der Waals surface area contributed by atoms with Gasteiger partial charge in [0.1, 0.15) is 11.4 Å². The van der Waals surface area contributed by atoms with Gasteiger partial charge in [-0.05, 0) is 39.5 Å². The third-order valence-electron chi connectivity index (χ3n) is 4.14. The summed E-state index contributed by atoms with van der Waals surface area (Å²) in [6, 6.07) is 0.452. The fraction of sp³-hybridized carbons (Fsp3) is 0.765. The van der Waals surface area contributed by atoms with Crippen LogP contribution in [0, 0.1) is 5.92 Å². The van der Waals surface area contributed by atoms with Crippen LogP contribution < -0.4 is 10.6 Å². The Morgan fingerprint density at radius 3 is 2.87 bits per heavy atom. The molecule has 1 fully saturated rings. The number of rotatable bonds is 6. The highest BCUT2D eigenvalue weighted by atomic mass is 16.6. The van der Waals surface area contributed by atoms with Crippen LogP contribution in [0.5, 0.6) is 0 Å². The van der Waals surface area contributed by atoms with Crippen LogP contribution in [0.25, 0.3) is 0 Å². The Labute approximate surface area is 138 Å². The number of H-pyrrole nitrogens is 1. The summed E-state index contributed by atoms with van der Waals surface area (Å²) >= 11 is 0. The lowest BCUT2D eigenvalue weighted by Gasteiger charge is -2.32. The highest BCUT2D eigenvalue weighted by Crippen LogP contribution is 2.24. The molecule has 2 rings (SSSR count). The molecule has 1 saturated carbocycles. The number of carbonyl (C=O) groups is 1. The van der Waals surface area contributed by atoms with Crippen molar-refractivity contribution in [3.8, 4) is 0 Å². The van der Waals surface area contributed by atoms with E-state index in [9.17, 15) is 4.79 Å². The first-order valence-electron chi connectivity index (χ1n) is 8.62. The van der Waals surface area contributed by atoms with Gasteiger partial charge in [0.15, 0.2) is 0 Å². The predicted octanol–water partition coefficient (Wildman–Crippen LogP) is 2.63. The molecule has 0 radical (unpaired) electrons. The molecule has 1 aromatic rings. The monoisotopic (exact) mass is 322 g/mol. The zero-order valence-electron chi connectivity index (χ0n) is 14.5. The summed E-state index contributed by atoms with van der Waals surface area (Å²) < 4.78 is 5.31. The lowest BCUT2D eigenvalue weighted by atomic mass is 9.84. The highest BCUT2D eigenvalue weighted by molar-refractivity contribution is 5.67. The van der Waals surface area contributed by atoms with Crippen LogP contribution in [0.3, 0.4) is 0 Å². The van der Waals surface area contributed by atoms with E-state index in [1.165, 1.54) is 19.3 Å². The van der Waals surface area contributed by atoms with Crippen molar-refractivity contribution in [3.63, 3.8) is 0 Å². The first-order chi connectivity index (χ1) is 10.9. The summed E-state index contributed by atoms with van der Waals surface area (Å²) in [7, 11) is 0. The molecule has 0 bridgehead atoms. The molecular formula is C17H30N4O2. The summed E-state index contributed by atoms with van der Waals surface area (Å²) in [6.45, 7) is 7.22. The Bertz CT molecular complexity index is 467. The van der Waals surface area contributed by atoms with Gasteiger partial charge in [-0.2, -0.15) is 0 Å². The number of nitrogens with zero attached hydrogens (tertiary/aromatic N) is 1. The zero-order chi connectivity index (χ0) is 16.7. The second kappa shape index (κ2) is 8.34. The Hall–Kier alpha value is -1.56. The number of aromatic nitrogens is 2. The number of hydrogen-bond donors (Lipinski definition) is 3. The van der Waals surface area contributed by atoms with Crippen molar-refractivity contribution in [2.75, 3.05) is 13.1 Å². The Kier molecular flexibility index (Phi) is 6.45. The van der Waals surface area contributed by atoms with Crippen LogP contribution in [0.2, 0.25) is 0 Å². The number of hydrogen-bond acceptors (Lipinski definition) is 4. The van der Waals surface area contributed by atoms with Gasteiger partial charge in [-0.3, -0.25) is 0 Å². The molecule has 1 aliphatic rings. The van der Waals surface area contributed by atoms with Crippen molar-refractivity contribution in [1.29, 1.82) is 0 Å². The van der Waals surface area contributed by atoms with Crippen molar-refractivity contribution in [3.05, 3.63) is 18.2 Å².